The molecule has 0 saturated carbocycles. The van der Waals surface area contributed by atoms with Crippen molar-refractivity contribution in [3.05, 3.63) is 46.0 Å². The third kappa shape index (κ3) is 2.84. The minimum atomic E-state index is -0.167. The van der Waals surface area contributed by atoms with Gasteiger partial charge in [-0.2, -0.15) is 0 Å². The monoisotopic (exact) mass is 341 g/mol. The molecule has 126 valence electrons. The standard InChI is InChI=1S/C19H23N3OS/c1-11(2)10-22-12(3)17(23)15(18(22)20)19-21-16(13(4)24-19)14-8-6-5-7-9-14/h5-9,11-12,20,23H,10H2,1-4H3. The normalized spacial score (nSPS) is 18.1. The summed E-state index contributed by atoms with van der Waals surface area (Å²) in [4.78, 5) is 7.79. The van der Waals surface area contributed by atoms with Crippen LogP contribution in [0.5, 0.6) is 0 Å². The van der Waals surface area contributed by atoms with Crippen LogP contribution >= 0.6 is 11.3 Å². The second kappa shape index (κ2) is 6.40. The molecule has 3 rings (SSSR count). The fraction of sp³-hybridized carbons (Fsp3) is 0.368. The highest BCUT2D eigenvalue weighted by Crippen LogP contribution is 2.37. The topological polar surface area (TPSA) is 60.2 Å². The van der Waals surface area contributed by atoms with Gasteiger partial charge in [0.1, 0.15) is 16.6 Å². The minimum Gasteiger partial charge on any atom is -0.509 e. The molecule has 1 aliphatic heterocycles. The molecule has 1 atom stereocenters. The number of nitrogens with one attached hydrogen (secondary N) is 1. The van der Waals surface area contributed by atoms with Crippen molar-refractivity contribution >= 4 is 22.7 Å². The molecule has 2 N–H and O–H groups in total. The van der Waals surface area contributed by atoms with Crippen LogP contribution in [-0.2, 0) is 0 Å². The van der Waals surface area contributed by atoms with Crippen LogP contribution in [-0.4, -0.2) is 33.4 Å². The van der Waals surface area contributed by atoms with E-state index in [0.29, 0.717) is 17.3 Å². The average molecular weight is 341 g/mol. The second-order valence-electron chi connectivity index (χ2n) is 6.62. The van der Waals surface area contributed by atoms with Gasteiger partial charge >= 0.3 is 0 Å². The lowest BCUT2D eigenvalue weighted by atomic mass is 10.1. The number of thiazole rings is 1. The molecule has 2 heterocycles. The number of hydrogen-bond donors (Lipinski definition) is 2. The summed E-state index contributed by atoms with van der Waals surface area (Å²) in [7, 11) is 0. The highest BCUT2D eigenvalue weighted by molar-refractivity contribution is 7.13. The molecular formula is C19H23N3OS. The van der Waals surface area contributed by atoms with Crippen LogP contribution in [0.3, 0.4) is 0 Å². The zero-order chi connectivity index (χ0) is 17.4. The van der Waals surface area contributed by atoms with Gasteiger partial charge in [0, 0.05) is 17.0 Å². The van der Waals surface area contributed by atoms with Gasteiger partial charge in [-0.15, -0.1) is 11.3 Å². The Labute approximate surface area is 147 Å². The largest absolute Gasteiger partial charge is 0.509 e. The third-order valence-electron chi connectivity index (χ3n) is 4.26. The van der Waals surface area contributed by atoms with Crippen LogP contribution < -0.4 is 0 Å². The Morgan fingerprint density at radius 1 is 1.29 bits per heavy atom. The average Bonchev–Trinajstić information content (AvgIpc) is 3.02. The molecule has 1 aromatic heterocycles. The van der Waals surface area contributed by atoms with Gasteiger partial charge in [0.25, 0.3) is 0 Å². The van der Waals surface area contributed by atoms with Gasteiger partial charge in [-0.3, -0.25) is 5.41 Å². The maximum atomic E-state index is 10.6. The predicted octanol–water partition coefficient (Wildman–Crippen LogP) is 4.72. The fourth-order valence-electron chi connectivity index (χ4n) is 3.04. The molecule has 1 unspecified atom stereocenters. The predicted molar refractivity (Wildman–Crippen MR) is 101 cm³/mol. The SMILES string of the molecule is Cc1sc(C2=C(O)C(C)N(CC(C)C)C2=N)nc1-c1ccccc1. The highest BCUT2D eigenvalue weighted by Gasteiger charge is 2.36. The van der Waals surface area contributed by atoms with E-state index in [2.05, 4.69) is 13.8 Å². The molecule has 0 saturated heterocycles. The summed E-state index contributed by atoms with van der Waals surface area (Å²) < 4.78 is 0. The van der Waals surface area contributed by atoms with E-state index < -0.39 is 0 Å². The number of rotatable bonds is 4. The maximum absolute atomic E-state index is 10.6. The van der Waals surface area contributed by atoms with Crippen LogP contribution in [0.25, 0.3) is 16.8 Å². The van der Waals surface area contributed by atoms with Crippen molar-refractivity contribution in [2.75, 3.05) is 6.54 Å². The molecule has 0 spiro atoms. The van der Waals surface area contributed by atoms with Gasteiger partial charge in [-0.25, -0.2) is 4.98 Å². The summed E-state index contributed by atoms with van der Waals surface area (Å²) in [6.45, 7) is 8.97. The van der Waals surface area contributed by atoms with Crippen LogP contribution in [0.2, 0.25) is 0 Å². The van der Waals surface area contributed by atoms with Crippen molar-refractivity contribution < 1.29 is 5.11 Å². The van der Waals surface area contributed by atoms with E-state index in [4.69, 9.17) is 10.4 Å². The van der Waals surface area contributed by atoms with E-state index in [1.807, 2.05) is 49.1 Å². The van der Waals surface area contributed by atoms with Crippen molar-refractivity contribution in [2.24, 2.45) is 5.92 Å². The molecule has 1 aliphatic rings. The van der Waals surface area contributed by atoms with Crippen molar-refractivity contribution in [1.82, 2.24) is 9.88 Å². The van der Waals surface area contributed by atoms with Gasteiger partial charge in [-0.1, -0.05) is 44.2 Å². The van der Waals surface area contributed by atoms with Crippen LogP contribution in [0.4, 0.5) is 0 Å². The molecule has 1 aromatic carbocycles. The molecule has 0 aliphatic carbocycles. The Bertz CT molecular complexity index is 792. The summed E-state index contributed by atoms with van der Waals surface area (Å²) in [5, 5.41) is 19.8. The highest BCUT2D eigenvalue weighted by atomic mass is 32.1. The van der Waals surface area contributed by atoms with Crippen LogP contribution in [0, 0.1) is 18.3 Å². The zero-order valence-corrected chi connectivity index (χ0v) is 15.3. The van der Waals surface area contributed by atoms with E-state index in [1.54, 1.807) is 11.3 Å². The van der Waals surface area contributed by atoms with E-state index in [-0.39, 0.29) is 11.8 Å². The number of aliphatic hydroxyl groups excluding tert-OH is 1. The first-order valence-electron chi connectivity index (χ1n) is 8.22. The number of aryl methyl sites for hydroxylation is 1. The summed E-state index contributed by atoms with van der Waals surface area (Å²) in [6, 6.07) is 9.88. The Morgan fingerprint density at radius 2 is 1.96 bits per heavy atom. The molecule has 4 nitrogen and oxygen atoms in total. The third-order valence-corrected chi connectivity index (χ3v) is 5.25. The molecule has 0 amide bonds. The van der Waals surface area contributed by atoms with Gasteiger partial charge in [-0.05, 0) is 19.8 Å². The number of aliphatic hydroxyl groups is 1. The van der Waals surface area contributed by atoms with Crippen molar-refractivity contribution in [1.29, 1.82) is 5.41 Å². The summed E-state index contributed by atoms with van der Waals surface area (Å²) in [6.07, 6.45) is 0. The second-order valence-corrected chi connectivity index (χ2v) is 7.82. The van der Waals surface area contributed by atoms with Crippen molar-refractivity contribution in [3.63, 3.8) is 0 Å². The summed E-state index contributed by atoms with van der Waals surface area (Å²) in [5.74, 6) is 1.06. The van der Waals surface area contributed by atoms with E-state index in [9.17, 15) is 5.11 Å². The Hall–Kier alpha value is -2.14. The van der Waals surface area contributed by atoms with E-state index >= 15 is 0 Å². The van der Waals surface area contributed by atoms with Crippen molar-refractivity contribution in [2.45, 2.75) is 33.7 Å². The number of amidine groups is 1. The lowest BCUT2D eigenvalue weighted by molar-refractivity contribution is 0.267. The number of benzene rings is 1. The molecule has 0 radical (unpaired) electrons. The van der Waals surface area contributed by atoms with Gasteiger partial charge in [0.2, 0.25) is 0 Å². The number of hydrogen-bond acceptors (Lipinski definition) is 4. The first kappa shape index (κ1) is 16.7. The molecule has 24 heavy (non-hydrogen) atoms. The number of nitrogens with zero attached hydrogens (tertiary/aromatic N) is 2. The molecular weight excluding hydrogens is 318 g/mol. The zero-order valence-electron chi connectivity index (χ0n) is 14.5. The van der Waals surface area contributed by atoms with Gasteiger partial charge in [0.15, 0.2) is 0 Å². The lowest BCUT2D eigenvalue weighted by Gasteiger charge is -2.25. The molecule has 2 aromatic rings. The fourth-order valence-corrected chi connectivity index (χ4v) is 4.03. The van der Waals surface area contributed by atoms with E-state index in [1.165, 1.54) is 0 Å². The lowest BCUT2D eigenvalue weighted by Crippen LogP contribution is -2.36. The summed E-state index contributed by atoms with van der Waals surface area (Å²) >= 11 is 1.54. The maximum Gasteiger partial charge on any atom is 0.135 e. The van der Waals surface area contributed by atoms with Crippen molar-refractivity contribution in [3.8, 4) is 11.3 Å². The van der Waals surface area contributed by atoms with Crippen LogP contribution in [0.1, 0.15) is 30.7 Å². The molecule has 0 bridgehead atoms. The molecule has 0 fully saturated rings. The van der Waals surface area contributed by atoms with Gasteiger partial charge in [0.05, 0.1) is 17.3 Å². The van der Waals surface area contributed by atoms with E-state index in [0.717, 1.165) is 27.7 Å². The Kier molecular flexibility index (Phi) is 4.45. The Balaban J connectivity index is 1.99. The van der Waals surface area contributed by atoms with Crippen LogP contribution in [0.15, 0.2) is 36.1 Å². The quantitative estimate of drug-likeness (QED) is 0.845. The smallest absolute Gasteiger partial charge is 0.135 e. The van der Waals surface area contributed by atoms with Gasteiger partial charge < -0.3 is 10.0 Å². The molecule has 5 heteroatoms. The minimum absolute atomic E-state index is 0.167. The first-order chi connectivity index (χ1) is 11.4. The summed E-state index contributed by atoms with van der Waals surface area (Å²) in [5.41, 5.74) is 2.58. The Morgan fingerprint density at radius 3 is 2.58 bits per heavy atom. The first-order valence-corrected chi connectivity index (χ1v) is 9.03. The number of aromatic nitrogens is 1.